The molecular weight excluding hydrogens is 308 g/mol. The van der Waals surface area contributed by atoms with Gasteiger partial charge in [0.05, 0.1) is 11.2 Å². The van der Waals surface area contributed by atoms with E-state index >= 15 is 0 Å². The number of carbonyl (C=O) groups is 1. The number of hydrogen-bond donors (Lipinski definition) is 1. The second-order valence-corrected chi connectivity index (χ2v) is 7.31. The number of thioether (sulfide) groups is 1. The molecule has 0 fully saturated rings. The van der Waals surface area contributed by atoms with E-state index < -0.39 is 10.7 Å². The lowest BCUT2D eigenvalue weighted by Crippen LogP contribution is -2.27. The first kappa shape index (κ1) is 15.5. The topological polar surface area (TPSA) is 63.1 Å². The van der Waals surface area contributed by atoms with Gasteiger partial charge >= 0.3 is 5.97 Å². The number of hydrogen-bond acceptors (Lipinski definition) is 4. The number of aromatic nitrogens is 2. The van der Waals surface area contributed by atoms with Crippen LogP contribution in [0.2, 0.25) is 0 Å². The van der Waals surface area contributed by atoms with Crippen molar-refractivity contribution in [3.63, 3.8) is 0 Å². The molecule has 116 valence electrons. The Bertz CT molecular complexity index is 872. The first-order chi connectivity index (χ1) is 11.0. The number of carboxylic acids is 1. The number of pyridine rings is 2. The van der Waals surface area contributed by atoms with Crippen LogP contribution >= 0.6 is 11.8 Å². The number of aliphatic carboxylic acids is 1. The average Bonchev–Trinajstić information content (AvgIpc) is 2.54. The van der Waals surface area contributed by atoms with Gasteiger partial charge in [0.25, 0.3) is 0 Å². The smallest absolute Gasteiger partial charge is 0.319 e. The van der Waals surface area contributed by atoms with Gasteiger partial charge in [0, 0.05) is 28.2 Å². The van der Waals surface area contributed by atoms with Crippen molar-refractivity contribution in [3.8, 4) is 11.3 Å². The maximum atomic E-state index is 11.4. The fourth-order valence-electron chi connectivity index (χ4n) is 2.30. The second kappa shape index (κ2) is 6.01. The minimum Gasteiger partial charge on any atom is -0.480 e. The maximum Gasteiger partial charge on any atom is 0.319 e. The quantitative estimate of drug-likeness (QED) is 0.727. The van der Waals surface area contributed by atoms with E-state index in [2.05, 4.69) is 9.97 Å². The third-order valence-corrected chi connectivity index (χ3v) is 4.79. The minimum absolute atomic E-state index is 0.783. The highest BCUT2D eigenvalue weighted by Gasteiger charge is 2.30. The zero-order valence-electron chi connectivity index (χ0n) is 12.9. The van der Waals surface area contributed by atoms with Crippen LogP contribution < -0.4 is 0 Å². The molecule has 1 N–H and O–H groups in total. The molecule has 0 saturated carbocycles. The molecule has 4 nitrogen and oxygen atoms in total. The van der Waals surface area contributed by atoms with Crippen LogP contribution in [-0.2, 0) is 4.79 Å². The van der Waals surface area contributed by atoms with Crippen LogP contribution in [-0.4, -0.2) is 25.8 Å². The zero-order chi connectivity index (χ0) is 16.4. The van der Waals surface area contributed by atoms with Crippen molar-refractivity contribution < 1.29 is 9.90 Å². The molecule has 0 unspecified atom stereocenters. The summed E-state index contributed by atoms with van der Waals surface area (Å²) in [7, 11) is 0. The van der Waals surface area contributed by atoms with Crippen LogP contribution in [0.4, 0.5) is 0 Å². The first-order valence-electron chi connectivity index (χ1n) is 7.20. The van der Waals surface area contributed by atoms with Gasteiger partial charge in [-0.25, -0.2) is 0 Å². The van der Waals surface area contributed by atoms with Crippen LogP contribution in [0.15, 0.2) is 59.8 Å². The number of fused-ring (bicyclic) bond motifs is 1. The van der Waals surface area contributed by atoms with Crippen LogP contribution in [0.1, 0.15) is 13.8 Å². The van der Waals surface area contributed by atoms with Gasteiger partial charge in [-0.05, 0) is 38.1 Å². The molecule has 0 spiro atoms. The summed E-state index contributed by atoms with van der Waals surface area (Å²) in [6.45, 7) is 3.39. The highest BCUT2D eigenvalue weighted by Crippen LogP contribution is 2.39. The lowest BCUT2D eigenvalue weighted by atomic mass is 10.1. The number of nitrogens with zero attached hydrogens (tertiary/aromatic N) is 2. The van der Waals surface area contributed by atoms with Crippen molar-refractivity contribution in [2.45, 2.75) is 23.5 Å². The summed E-state index contributed by atoms with van der Waals surface area (Å²) in [5.41, 5.74) is 2.63. The van der Waals surface area contributed by atoms with Gasteiger partial charge in [-0.1, -0.05) is 18.2 Å². The molecule has 2 heterocycles. The van der Waals surface area contributed by atoms with E-state index in [0.717, 1.165) is 27.1 Å². The summed E-state index contributed by atoms with van der Waals surface area (Å²) in [6, 6.07) is 13.5. The molecule has 1 aromatic carbocycles. The molecule has 23 heavy (non-hydrogen) atoms. The number of benzene rings is 1. The number of carboxylic acid groups (broad SMARTS) is 1. The van der Waals surface area contributed by atoms with Gasteiger partial charge < -0.3 is 5.11 Å². The summed E-state index contributed by atoms with van der Waals surface area (Å²) in [6.07, 6.45) is 3.48. The standard InChI is InChI=1S/C18H16N2O2S/c1-18(2,17(21)22)23-15-9-5-11-20-16(15)13-6-3-8-14-12(13)7-4-10-19-14/h3-11H,1-2H3,(H,21,22). The Morgan fingerprint density at radius 2 is 1.78 bits per heavy atom. The van der Waals surface area contributed by atoms with E-state index in [4.69, 9.17) is 0 Å². The minimum atomic E-state index is -0.930. The van der Waals surface area contributed by atoms with Gasteiger partial charge in [-0.2, -0.15) is 0 Å². The van der Waals surface area contributed by atoms with Gasteiger partial charge in [0.15, 0.2) is 0 Å². The molecule has 0 atom stereocenters. The monoisotopic (exact) mass is 324 g/mol. The first-order valence-corrected chi connectivity index (χ1v) is 8.02. The summed E-state index contributed by atoms with van der Waals surface area (Å²) in [5, 5.41) is 10.4. The van der Waals surface area contributed by atoms with E-state index in [0.29, 0.717) is 0 Å². The zero-order valence-corrected chi connectivity index (χ0v) is 13.7. The summed E-state index contributed by atoms with van der Waals surface area (Å²) >= 11 is 1.30. The Balaban J connectivity index is 2.15. The fraction of sp³-hybridized carbons (Fsp3) is 0.167. The molecule has 5 heteroatoms. The Kier molecular flexibility index (Phi) is 4.05. The molecular formula is C18H16N2O2S. The Labute approximate surface area is 138 Å². The molecule has 0 aliphatic heterocycles. The molecule has 0 radical (unpaired) electrons. The molecule has 0 bridgehead atoms. The highest BCUT2D eigenvalue weighted by molar-refractivity contribution is 8.01. The maximum absolute atomic E-state index is 11.4. The second-order valence-electron chi connectivity index (χ2n) is 5.64. The van der Waals surface area contributed by atoms with Crippen molar-refractivity contribution in [3.05, 3.63) is 54.9 Å². The summed E-state index contributed by atoms with van der Waals surface area (Å²) in [4.78, 5) is 21.2. The van der Waals surface area contributed by atoms with Crippen LogP contribution in [0, 0.1) is 0 Å². The molecule has 0 saturated heterocycles. The summed E-state index contributed by atoms with van der Waals surface area (Å²) in [5.74, 6) is -0.850. The Morgan fingerprint density at radius 3 is 2.57 bits per heavy atom. The van der Waals surface area contributed by atoms with Gasteiger partial charge in [0.2, 0.25) is 0 Å². The van der Waals surface area contributed by atoms with Gasteiger partial charge in [0.1, 0.15) is 4.75 Å². The molecule has 0 aliphatic rings. The van der Waals surface area contributed by atoms with E-state index in [9.17, 15) is 9.90 Å². The van der Waals surface area contributed by atoms with Crippen LogP contribution in [0.3, 0.4) is 0 Å². The predicted molar refractivity (Wildman–Crippen MR) is 92.5 cm³/mol. The third-order valence-electron chi connectivity index (χ3n) is 3.55. The Morgan fingerprint density at radius 1 is 1.04 bits per heavy atom. The molecule has 3 rings (SSSR count). The number of rotatable bonds is 4. The van der Waals surface area contributed by atoms with Crippen LogP contribution in [0.5, 0.6) is 0 Å². The molecule has 0 amide bonds. The molecule has 2 aromatic heterocycles. The fourth-order valence-corrected chi connectivity index (χ4v) is 3.35. The molecule has 0 aliphatic carbocycles. The lowest BCUT2D eigenvalue weighted by molar-refractivity contribution is -0.138. The van der Waals surface area contributed by atoms with E-state index in [1.54, 1.807) is 26.2 Å². The normalized spacial score (nSPS) is 11.6. The van der Waals surface area contributed by atoms with E-state index in [-0.39, 0.29) is 0 Å². The SMILES string of the molecule is CC(C)(Sc1cccnc1-c1cccc2ncccc12)C(=O)O. The highest BCUT2D eigenvalue weighted by atomic mass is 32.2. The lowest BCUT2D eigenvalue weighted by Gasteiger charge is -2.20. The average molecular weight is 324 g/mol. The van der Waals surface area contributed by atoms with Crippen LogP contribution in [0.25, 0.3) is 22.2 Å². The van der Waals surface area contributed by atoms with Crippen molar-refractivity contribution >= 4 is 28.6 Å². The third kappa shape index (κ3) is 3.05. The van der Waals surface area contributed by atoms with Gasteiger partial charge in [-0.3, -0.25) is 14.8 Å². The van der Waals surface area contributed by atoms with Crippen molar-refractivity contribution in [2.24, 2.45) is 0 Å². The van der Waals surface area contributed by atoms with E-state index in [1.165, 1.54) is 11.8 Å². The molecule has 3 aromatic rings. The Hall–Kier alpha value is -2.40. The van der Waals surface area contributed by atoms with Crippen molar-refractivity contribution in [2.75, 3.05) is 0 Å². The summed E-state index contributed by atoms with van der Waals surface area (Å²) < 4.78 is -0.930. The largest absolute Gasteiger partial charge is 0.480 e. The van der Waals surface area contributed by atoms with Gasteiger partial charge in [-0.15, -0.1) is 11.8 Å². The van der Waals surface area contributed by atoms with Crippen molar-refractivity contribution in [1.29, 1.82) is 0 Å². The predicted octanol–water partition coefficient (Wildman–Crippen LogP) is 4.25. The van der Waals surface area contributed by atoms with E-state index in [1.807, 2.05) is 42.5 Å². The van der Waals surface area contributed by atoms with Crippen molar-refractivity contribution in [1.82, 2.24) is 9.97 Å².